The lowest BCUT2D eigenvalue weighted by molar-refractivity contribution is 0.571. The van der Waals surface area contributed by atoms with Crippen molar-refractivity contribution in [2.75, 3.05) is 0 Å². The summed E-state index contributed by atoms with van der Waals surface area (Å²) < 4.78 is 27.5. The number of hydrogen-bond acceptors (Lipinski definition) is 3. The summed E-state index contributed by atoms with van der Waals surface area (Å²) >= 11 is 0. The molecule has 0 radical (unpaired) electrons. The number of hydrogen-bond donors (Lipinski definition) is 3. The first kappa shape index (κ1) is 18.5. The standard InChI is InChI=1S/C19H18F2N4O2/c1-19(2,3)16-13(22-9-23-16)8-15-18(27)24-14(17(26)25-15)7-10-11(20)5-4-6-12(10)21/h4-9H,1-3H3,(H,22,23)(H,24,27)(H,25,26)/b14-7-,15-8-. The minimum Gasteiger partial charge on any atom is -0.348 e. The topological polar surface area (TPSA) is 94.4 Å². The highest BCUT2D eigenvalue weighted by molar-refractivity contribution is 5.50. The van der Waals surface area contributed by atoms with E-state index in [1.54, 1.807) is 0 Å². The van der Waals surface area contributed by atoms with Gasteiger partial charge in [0.2, 0.25) is 0 Å². The summed E-state index contributed by atoms with van der Waals surface area (Å²) in [6.07, 6.45) is 3.91. The van der Waals surface area contributed by atoms with Gasteiger partial charge in [-0.3, -0.25) is 9.59 Å². The van der Waals surface area contributed by atoms with Crippen LogP contribution in [0, 0.1) is 11.6 Å². The van der Waals surface area contributed by atoms with E-state index in [0.29, 0.717) is 5.69 Å². The molecule has 0 saturated carbocycles. The molecule has 0 aliphatic carbocycles. The third kappa shape index (κ3) is 3.79. The van der Waals surface area contributed by atoms with Crippen LogP contribution in [0.25, 0.3) is 12.2 Å². The van der Waals surface area contributed by atoms with Crippen molar-refractivity contribution in [1.29, 1.82) is 0 Å². The molecule has 3 aromatic rings. The van der Waals surface area contributed by atoms with Crippen LogP contribution in [-0.2, 0) is 5.41 Å². The minimum absolute atomic E-state index is 0.0104. The molecule has 0 aliphatic heterocycles. The maximum Gasteiger partial charge on any atom is 0.272 e. The third-order valence-corrected chi connectivity index (χ3v) is 3.97. The van der Waals surface area contributed by atoms with Crippen molar-refractivity contribution < 1.29 is 8.78 Å². The Labute approximate surface area is 152 Å². The summed E-state index contributed by atoms with van der Waals surface area (Å²) in [6.45, 7) is 5.93. The van der Waals surface area contributed by atoms with Crippen LogP contribution in [0.4, 0.5) is 8.78 Å². The summed E-state index contributed by atoms with van der Waals surface area (Å²) in [5.74, 6) is -1.67. The molecule has 27 heavy (non-hydrogen) atoms. The van der Waals surface area contributed by atoms with Crippen LogP contribution in [0.15, 0.2) is 34.1 Å². The molecular formula is C19H18F2N4O2. The van der Waals surface area contributed by atoms with Crippen molar-refractivity contribution >= 4 is 12.2 Å². The van der Waals surface area contributed by atoms with Crippen LogP contribution >= 0.6 is 0 Å². The van der Waals surface area contributed by atoms with Crippen LogP contribution < -0.4 is 21.8 Å². The fraction of sp³-hybridized carbons (Fsp3) is 0.211. The first-order valence-corrected chi connectivity index (χ1v) is 8.21. The Morgan fingerprint density at radius 2 is 1.52 bits per heavy atom. The van der Waals surface area contributed by atoms with Gasteiger partial charge in [-0.05, 0) is 24.3 Å². The molecule has 0 saturated heterocycles. The molecule has 6 nitrogen and oxygen atoms in total. The molecule has 1 aromatic carbocycles. The van der Waals surface area contributed by atoms with Crippen LogP contribution in [0.3, 0.4) is 0 Å². The smallest absolute Gasteiger partial charge is 0.272 e. The van der Waals surface area contributed by atoms with E-state index in [2.05, 4.69) is 19.9 Å². The molecule has 3 N–H and O–H groups in total. The second-order valence-electron chi connectivity index (χ2n) is 7.07. The van der Waals surface area contributed by atoms with Crippen molar-refractivity contribution in [3.8, 4) is 0 Å². The molecule has 0 aliphatic rings. The molecule has 0 fully saturated rings. The molecule has 3 rings (SSSR count). The van der Waals surface area contributed by atoms with E-state index in [0.717, 1.165) is 23.9 Å². The largest absolute Gasteiger partial charge is 0.348 e. The molecular weight excluding hydrogens is 354 g/mol. The number of H-pyrrole nitrogens is 3. The highest BCUT2D eigenvalue weighted by Crippen LogP contribution is 2.22. The van der Waals surface area contributed by atoms with Crippen LogP contribution in [0.1, 0.15) is 37.7 Å². The molecule has 0 spiro atoms. The average molecular weight is 372 g/mol. The Morgan fingerprint density at radius 3 is 2.07 bits per heavy atom. The fourth-order valence-electron chi connectivity index (χ4n) is 2.64. The van der Waals surface area contributed by atoms with Crippen molar-refractivity contribution in [3.05, 3.63) is 84.5 Å². The van der Waals surface area contributed by atoms with Gasteiger partial charge in [-0.25, -0.2) is 13.8 Å². The number of nitrogens with zero attached hydrogens (tertiary/aromatic N) is 1. The van der Waals surface area contributed by atoms with Crippen molar-refractivity contribution in [1.82, 2.24) is 19.9 Å². The van der Waals surface area contributed by atoms with E-state index in [9.17, 15) is 18.4 Å². The zero-order valence-electron chi connectivity index (χ0n) is 15.0. The summed E-state index contributed by atoms with van der Waals surface area (Å²) in [5, 5.41) is -0.261. The van der Waals surface area contributed by atoms with Gasteiger partial charge in [0.25, 0.3) is 11.1 Å². The molecule has 0 bridgehead atoms. The van der Waals surface area contributed by atoms with Gasteiger partial charge < -0.3 is 15.0 Å². The lowest BCUT2D eigenvalue weighted by Crippen LogP contribution is -2.47. The Hall–Kier alpha value is -3.29. The van der Waals surface area contributed by atoms with E-state index in [-0.39, 0.29) is 16.1 Å². The van der Waals surface area contributed by atoms with E-state index in [1.807, 2.05) is 20.8 Å². The predicted octanol–water partition coefficient (Wildman–Crippen LogP) is 1.02. The minimum atomic E-state index is -0.836. The van der Waals surface area contributed by atoms with E-state index in [1.165, 1.54) is 18.5 Å². The first-order valence-electron chi connectivity index (χ1n) is 8.21. The Balaban J connectivity index is 2.18. The molecule has 0 unspecified atom stereocenters. The van der Waals surface area contributed by atoms with Crippen LogP contribution in [0.5, 0.6) is 0 Å². The lowest BCUT2D eigenvalue weighted by Gasteiger charge is -2.16. The van der Waals surface area contributed by atoms with Gasteiger partial charge in [-0.1, -0.05) is 26.8 Å². The lowest BCUT2D eigenvalue weighted by atomic mass is 9.90. The van der Waals surface area contributed by atoms with E-state index < -0.39 is 28.3 Å². The summed E-state index contributed by atoms with van der Waals surface area (Å²) in [5.41, 5.74) is -0.632. The number of halogens is 2. The zero-order chi connectivity index (χ0) is 19.8. The average Bonchev–Trinajstić information content (AvgIpc) is 3.04. The van der Waals surface area contributed by atoms with Gasteiger partial charge in [-0.15, -0.1) is 0 Å². The Bertz CT molecular complexity index is 1210. The van der Waals surface area contributed by atoms with E-state index in [4.69, 9.17) is 0 Å². The highest BCUT2D eigenvalue weighted by atomic mass is 19.1. The first-order chi connectivity index (χ1) is 12.7. The number of aromatic nitrogens is 4. The van der Waals surface area contributed by atoms with Crippen LogP contribution in [-0.4, -0.2) is 19.9 Å². The van der Waals surface area contributed by atoms with Gasteiger partial charge in [0, 0.05) is 16.7 Å². The third-order valence-electron chi connectivity index (χ3n) is 3.97. The maximum absolute atomic E-state index is 13.8. The molecule has 8 heteroatoms. The quantitative estimate of drug-likeness (QED) is 0.627. The number of benzene rings is 1. The zero-order valence-corrected chi connectivity index (χ0v) is 15.0. The number of nitrogens with one attached hydrogen (secondary N) is 3. The summed E-state index contributed by atoms with van der Waals surface area (Å²) in [6, 6.07) is 3.34. The highest BCUT2D eigenvalue weighted by Gasteiger charge is 2.19. The summed E-state index contributed by atoms with van der Waals surface area (Å²) in [4.78, 5) is 36.6. The van der Waals surface area contributed by atoms with Crippen molar-refractivity contribution in [2.45, 2.75) is 26.2 Å². The monoisotopic (exact) mass is 372 g/mol. The number of imidazole rings is 1. The van der Waals surface area contributed by atoms with Gasteiger partial charge in [0.15, 0.2) is 0 Å². The Morgan fingerprint density at radius 1 is 0.963 bits per heavy atom. The van der Waals surface area contributed by atoms with E-state index >= 15 is 0 Å². The van der Waals surface area contributed by atoms with Crippen molar-refractivity contribution in [2.24, 2.45) is 0 Å². The Kier molecular flexibility index (Phi) is 4.65. The molecule has 140 valence electrons. The van der Waals surface area contributed by atoms with Crippen molar-refractivity contribution in [3.63, 3.8) is 0 Å². The second kappa shape index (κ2) is 6.79. The normalized spacial score (nSPS) is 13.4. The second-order valence-corrected chi connectivity index (χ2v) is 7.07. The van der Waals surface area contributed by atoms with Gasteiger partial charge in [0.1, 0.15) is 22.3 Å². The summed E-state index contributed by atoms with van der Waals surface area (Å²) in [7, 11) is 0. The molecule has 0 amide bonds. The fourth-order valence-corrected chi connectivity index (χ4v) is 2.64. The molecule has 2 aromatic heterocycles. The van der Waals surface area contributed by atoms with Gasteiger partial charge in [-0.2, -0.15) is 0 Å². The molecule has 0 atom stereocenters. The molecule has 2 heterocycles. The van der Waals surface area contributed by atoms with Crippen LogP contribution in [0.2, 0.25) is 0 Å². The number of rotatable bonds is 2. The SMILES string of the molecule is CC(C)(C)c1[nH]cnc1/C=c1\[nH]c(=O)/c(=C/c2c(F)cccc2F)[nH]c1=O. The van der Waals surface area contributed by atoms with Gasteiger partial charge >= 0.3 is 0 Å². The number of aromatic amines is 3. The maximum atomic E-state index is 13.8. The van der Waals surface area contributed by atoms with Gasteiger partial charge in [0.05, 0.1) is 12.0 Å². The predicted molar refractivity (Wildman–Crippen MR) is 97.7 cm³/mol.